The fourth-order valence-electron chi connectivity index (χ4n) is 4.39. The molecule has 2 N–H and O–H groups in total. The average Bonchev–Trinajstić information content (AvgIpc) is 3.62. The Balaban J connectivity index is 1.37. The lowest BCUT2D eigenvalue weighted by atomic mass is 10.2. The molecule has 3 aromatic rings. The third-order valence-electron chi connectivity index (χ3n) is 7.02. The van der Waals surface area contributed by atoms with E-state index in [0.29, 0.717) is 41.8 Å². The number of sulfonamides is 1. The molecule has 1 saturated heterocycles. The van der Waals surface area contributed by atoms with Crippen molar-refractivity contribution in [3.8, 4) is 11.4 Å². The molecule has 0 unspecified atom stereocenters. The molecule has 1 aliphatic heterocycles. The zero-order chi connectivity index (χ0) is 27.1. The molecule has 0 spiro atoms. The highest BCUT2D eigenvalue weighted by atomic mass is 35.5. The van der Waals surface area contributed by atoms with Crippen LogP contribution in [-0.4, -0.2) is 55.3 Å². The Kier molecular flexibility index (Phi) is 7.10. The van der Waals surface area contributed by atoms with Crippen LogP contribution < -0.4 is 20.9 Å². The lowest BCUT2D eigenvalue weighted by Gasteiger charge is -2.35. The van der Waals surface area contributed by atoms with Gasteiger partial charge in [-0.3, -0.25) is 4.79 Å². The predicted octanol–water partition coefficient (Wildman–Crippen LogP) is 3.44. The van der Waals surface area contributed by atoms with Gasteiger partial charge < -0.3 is 15.4 Å². The SMILES string of the molecule is CC1(COc2c(N3CCN(S(=O)(=O)Cc4cc(N)ccc4F)CC3)cnn(-c3cccc(Cl)c3)c2=O)CC1. The maximum Gasteiger partial charge on any atom is 0.316 e. The molecule has 0 atom stereocenters. The molecule has 12 heteroatoms. The number of ether oxygens (including phenoxy) is 1. The van der Waals surface area contributed by atoms with Crippen LogP contribution in [0, 0.1) is 11.2 Å². The maximum absolute atomic E-state index is 14.2. The second kappa shape index (κ2) is 10.2. The molecular weight excluding hydrogens is 533 g/mol. The highest BCUT2D eigenvalue weighted by molar-refractivity contribution is 7.88. The summed E-state index contributed by atoms with van der Waals surface area (Å²) in [5, 5.41) is 4.84. The van der Waals surface area contributed by atoms with Crippen molar-refractivity contribution in [3.63, 3.8) is 0 Å². The van der Waals surface area contributed by atoms with E-state index < -0.39 is 27.2 Å². The molecule has 202 valence electrons. The van der Waals surface area contributed by atoms with E-state index in [-0.39, 0.29) is 29.8 Å². The van der Waals surface area contributed by atoms with Gasteiger partial charge in [0.2, 0.25) is 15.8 Å². The van der Waals surface area contributed by atoms with Gasteiger partial charge in [-0.15, -0.1) is 0 Å². The summed E-state index contributed by atoms with van der Waals surface area (Å²) in [6.07, 6.45) is 3.62. The zero-order valence-electron chi connectivity index (χ0n) is 20.9. The van der Waals surface area contributed by atoms with Crippen molar-refractivity contribution in [2.45, 2.75) is 25.5 Å². The quantitative estimate of drug-likeness (QED) is 0.419. The minimum Gasteiger partial charge on any atom is -0.486 e. The van der Waals surface area contributed by atoms with Crippen LogP contribution in [0.15, 0.2) is 53.5 Å². The van der Waals surface area contributed by atoms with Crippen molar-refractivity contribution < 1.29 is 17.5 Å². The van der Waals surface area contributed by atoms with Crippen LogP contribution >= 0.6 is 11.6 Å². The van der Waals surface area contributed by atoms with Gasteiger partial charge >= 0.3 is 5.56 Å². The summed E-state index contributed by atoms with van der Waals surface area (Å²) < 4.78 is 48.9. The lowest BCUT2D eigenvalue weighted by molar-refractivity contribution is 0.242. The summed E-state index contributed by atoms with van der Waals surface area (Å²) in [4.78, 5) is 15.4. The van der Waals surface area contributed by atoms with Gasteiger partial charge in [-0.25, -0.2) is 12.8 Å². The number of rotatable bonds is 8. The molecule has 9 nitrogen and oxygen atoms in total. The molecule has 5 rings (SSSR count). The summed E-state index contributed by atoms with van der Waals surface area (Å²) in [5.41, 5.74) is 6.69. The third-order valence-corrected chi connectivity index (χ3v) is 9.08. The van der Waals surface area contributed by atoms with E-state index in [0.717, 1.165) is 12.8 Å². The van der Waals surface area contributed by atoms with E-state index in [1.54, 1.807) is 30.5 Å². The predicted molar refractivity (Wildman–Crippen MR) is 145 cm³/mol. The minimum absolute atomic E-state index is 0.0329. The van der Waals surface area contributed by atoms with Crippen molar-refractivity contribution in [1.82, 2.24) is 14.1 Å². The summed E-state index contributed by atoms with van der Waals surface area (Å²) >= 11 is 6.12. The zero-order valence-corrected chi connectivity index (χ0v) is 22.5. The number of hydrogen-bond donors (Lipinski definition) is 1. The Morgan fingerprint density at radius 3 is 2.55 bits per heavy atom. The lowest BCUT2D eigenvalue weighted by Crippen LogP contribution is -2.49. The average molecular weight is 562 g/mol. The Morgan fingerprint density at radius 2 is 1.87 bits per heavy atom. The molecular formula is C26H29ClFN5O4S. The van der Waals surface area contributed by atoms with E-state index in [4.69, 9.17) is 22.1 Å². The Labute approximate surface area is 225 Å². The fraction of sp³-hybridized carbons (Fsp3) is 0.385. The van der Waals surface area contributed by atoms with E-state index in [2.05, 4.69) is 12.0 Å². The number of halogens is 2. The van der Waals surface area contributed by atoms with Gasteiger partial charge in [-0.1, -0.05) is 24.6 Å². The van der Waals surface area contributed by atoms with Crippen LogP contribution in [0.5, 0.6) is 5.75 Å². The molecule has 1 saturated carbocycles. The van der Waals surface area contributed by atoms with Crippen molar-refractivity contribution in [1.29, 1.82) is 0 Å². The molecule has 1 aromatic heterocycles. The van der Waals surface area contributed by atoms with E-state index in [1.165, 1.54) is 27.2 Å². The van der Waals surface area contributed by atoms with Crippen LogP contribution in [0.1, 0.15) is 25.3 Å². The smallest absolute Gasteiger partial charge is 0.316 e. The first-order chi connectivity index (χ1) is 18.0. The Bertz CT molecular complexity index is 1520. The fourth-order valence-corrected chi connectivity index (χ4v) is 6.09. The van der Waals surface area contributed by atoms with Crippen LogP contribution in [0.4, 0.5) is 15.8 Å². The first-order valence-corrected chi connectivity index (χ1v) is 14.3. The molecule has 0 amide bonds. The van der Waals surface area contributed by atoms with Crippen molar-refractivity contribution in [3.05, 3.63) is 75.4 Å². The molecule has 38 heavy (non-hydrogen) atoms. The topological polar surface area (TPSA) is 111 Å². The van der Waals surface area contributed by atoms with Gasteiger partial charge in [0.25, 0.3) is 0 Å². The molecule has 2 fully saturated rings. The van der Waals surface area contributed by atoms with Gasteiger partial charge in [0.1, 0.15) is 11.5 Å². The Morgan fingerprint density at radius 1 is 1.13 bits per heavy atom. The first kappa shape index (κ1) is 26.5. The first-order valence-electron chi connectivity index (χ1n) is 12.3. The normalized spacial score (nSPS) is 17.4. The number of nitrogen functional groups attached to an aromatic ring is 1. The number of nitrogens with two attached hydrogens (primary N) is 1. The number of aromatic nitrogens is 2. The van der Waals surface area contributed by atoms with Crippen LogP contribution in [0.25, 0.3) is 5.69 Å². The van der Waals surface area contributed by atoms with E-state index >= 15 is 0 Å². The molecule has 2 aromatic carbocycles. The Hall–Kier alpha value is -3.15. The largest absolute Gasteiger partial charge is 0.486 e. The van der Waals surface area contributed by atoms with Gasteiger partial charge in [0.15, 0.2) is 0 Å². The van der Waals surface area contributed by atoms with Gasteiger partial charge in [0, 0.05) is 47.9 Å². The molecule has 0 bridgehead atoms. The van der Waals surface area contributed by atoms with Crippen molar-refractivity contribution in [2.75, 3.05) is 43.4 Å². The minimum atomic E-state index is -3.78. The standard InChI is InChI=1S/C26H29ClFN5O4S/c1-26(7-8-26)17-37-24-23(15-30-33(25(24)34)21-4-2-3-19(27)14-21)31-9-11-32(12-10-31)38(35,36)16-18-13-20(29)5-6-22(18)28/h2-6,13-15H,7-12,16-17,29H2,1H3. The monoisotopic (exact) mass is 561 g/mol. The number of anilines is 2. The van der Waals surface area contributed by atoms with Crippen LogP contribution in [0.2, 0.25) is 5.02 Å². The highest BCUT2D eigenvalue weighted by Crippen LogP contribution is 2.45. The van der Waals surface area contributed by atoms with Gasteiger partial charge in [0.05, 0.1) is 24.2 Å². The van der Waals surface area contributed by atoms with Gasteiger partial charge in [-0.2, -0.15) is 14.1 Å². The molecule has 0 radical (unpaired) electrons. The molecule has 2 aliphatic rings. The summed E-state index contributed by atoms with van der Waals surface area (Å²) in [6, 6.07) is 10.7. The van der Waals surface area contributed by atoms with Crippen LogP contribution in [-0.2, 0) is 15.8 Å². The number of hydrogen-bond acceptors (Lipinski definition) is 7. The summed E-state index contributed by atoms with van der Waals surface area (Å²) in [6.45, 7) is 3.47. The van der Waals surface area contributed by atoms with Crippen molar-refractivity contribution >= 4 is 33.0 Å². The van der Waals surface area contributed by atoms with Gasteiger partial charge in [-0.05, 0) is 49.2 Å². The highest BCUT2D eigenvalue weighted by Gasteiger charge is 2.39. The number of nitrogens with zero attached hydrogens (tertiary/aromatic N) is 4. The third kappa shape index (κ3) is 5.64. The van der Waals surface area contributed by atoms with Crippen molar-refractivity contribution in [2.24, 2.45) is 5.41 Å². The van der Waals surface area contributed by atoms with E-state index in [1.807, 2.05) is 4.90 Å². The summed E-state index contributed by atoms with van der Waals surface area (Å²) in [5.74, 6) is -0.918. The van der Waals surface area contributed by atoms with Crippen LogP contribution in [0.3, 0.4) is 0 Å². The van der Waals surface area contributed by atoms with E-state index in [9.17, 15) is 17.6 Å². The maximum atomic E-state index is 14.2. The number of benzene rings is 2. The number of piperazine rings is 1. The molecule has 1 aliphatic carbocycles. The second-order valence-corrected chi connectivity index (χ2v) is 12.6. The second-order valence-electron chi connectivity index (χ2n) is 10.1. The summed E-state index contributed by atoms with van der Waals surface area (Å²) in [7, 11) is -3.78. The molecule has 2 heterocycles.